The molecular weight excluding hydrogens is 250 g/mol. The summed E-state index contributed by atoms with van der Waals surface area (Å²) in [7, 11) is 0. The zero-order valence-electron chi connectivity index (χ0n) is 9.48. The summed E-state index contributed by atoms with van der Waals surface area (Å²) in [4.78, 5) is 11.0. The number of halogens is 1. The van der Waals surface area contributed by atoms with Gasteiger partial charge in [-0.1, -0.05) is 11.6 Å². The van der Waals surface area contributed by atoms with E-state index in [1.165, 1.54) is 0 Å². The van der Waals surface area contributed by atoms with Crippen molar-refractivity contribution >= 4 is 34.6 Å². The van der Waals surface area contributed by atoms with Gasteiger partial charge >= 0.3 is 0 Å². The van der Waals surface area contributed by atoms with E-state index in [9.17, 15) is 4.79 Å². The van der Waals surface area contributed by atoms with E-state index in [4.69, 9.17) is 23.1 Å². The molecule has 5 N–H and O–H groups in total. The second-order valence-corrected chi connectivity index (χ2v) is 4.21. The van der Waals surface area contributed by atoms with Crippen LogP contribution in [0.3, 0.4) is 0 Å². The average Bonchev–Trinajstić information content (AvgIpc) is 2.32. The standard InChI is InChI=1S/C13H12ClN3O/c14-12-7-10(5-6-11(12)13(16)18)17-9-3-1-8(15)2-4-9/h1-7,17H,15H2,(H2,16,18). The van der Waals surface area contributed by atoms with Gasteiger partial charge in [-0.3, -0.25) is 4.79 Å². The first-order valence-corrected chi connectivity index (χ1v) is 5.66. The Labute approximate surface area is 110 Å². The highest BCUT2D eigenvalue weighted by Crippen LogP contribution is 2.23. The van der Waals surface area contributed by atoms with E-state index in [0.29, 0.717) is 16.3 Å². The molecule has 0 fully saturated rings. The van der Waals surface area contributed by atoms with Crippen LogP contribution in [0.5, 0.6) is 0 Å². The summed E-state index contributed by atoms with van der Waals surface area (Å²) in [6.07, 6.45) is 0. The van der Waals surface area contributed by atoms with Gasteiger partial charge in [-0.15, -0.1) is 0 Å². The monoisotopic (exact) mass is 261 g/mol. The minimum absolute atomic E-state index is 0.305. The lowest BCUT2D eigenvalue weighted by atomic mass is 10.2. The number of amides is 1. The predicted octanol–water partition coefficient (Wildman–Crippen LogP) is 2.76. The number of carbonyl (C=O) groups is 1. The summed E-state index contributed by atoms with van der Waals surface area (Å²) in [6.45, 7) is 0. The van der Waals surface area contributed by atoms with Crippen LogP contribution in [0.4, 0.5) is 17.1 Å². The number of anilines is 3. The van der Waals surface area contributed by atoms with Crippen LogP contribution in [0.2, 0.25) is 5.02 Å². The normalized spacial score (nSPS) is 10.1. The Morgan fingerprint density at radius 3 is 2.22 bits per heavy atom. The molecule has 0 aromatic heterocycles. The second kappa shape index (κ2) is 4.98. The molecule has 92 valence electrons. The number of nitrogen functional groups attached to an aromatic ring is 1. The Morgan fingerprint density at radius 2 is 1.67 bits per heavy atom. The van der Waals surface area contributed by atoms with Crippen molar-refractivity contribution < 1.29 is 4.79 Å². The van der Waals surface area contributed by atoms with Crippen LogP contribution < -0.4 is 16.8 Å². The quantitative estimate of drug-likeness (QED) is 0.743. The minimum atomic E-state index is -0.543. The van der Waals surface area contributed by atoms with Gasteiger partial charge in [-0.05, 0) is 42.5 Å². The number of rotatable bonds is 3. The fraction of sp³-hybridized carbons (Fsp3) is 0. The number of hydrogen-bond acceptors (Lipinski definition) is 3. The molecule has 0 aliphatic heterocycles. The van der Waals surface area contributed by atoms with Gasteiger partial charge in [-0.2, -0.15) is 0 Å². The average molecular weight is 262 g/mol. The molecule has 0 saturated heterocycles. The van der Waals surface area contributed by atoms with Crippen molar-refractivity contribution in [3.63, 3.8) is 0 Å². The molecule has 2 rings (SSSR count). The smallest absolute Gasteiger partial charge is 0.250 e. The van der Waals surface area contributed by atoms with E-state index in [2.05, 4.69) is 5.32 Å². The third-order valence-electron chi connectivity index (χ3n) is 2.43. The molecule has 2 aromatic carbocycles. The van der Waals surface area contributed by atoms with Crippen molar-refractivity contribution in [1.82, 2.24) is 0 Å². The Bertz CT molecular complexity index is 581. The maximum atomic E-state index is 11.0. The van der Waals surface area contributed by atoms with E-state index in [-0.39, 0.29) is 0 Å². The molecule has 18 heavy (non-hydrogen) atoms. The van der Waals surface area contributed by atoms with Gasteiger partial charge in [0.25, 0.3) is 0 Å². The number of carbonyl (C=O) groups excluding carboxylic acids is 1. The van der Waals surface area contributed by atoms with Crippen LogP contribution in [0, 0.1) is 0 Å². The van der Waals surface area contributed by atoms with E-state index < -0.39 is 5.91 Å². The second-order valence-electron chi connectivity index (χ2n) is 3.81. The van der Waals surface area contributed by atoms with E-state index in [0.717, 1.165) is 11.4 Å². The fourth-order valence-electron chi connectivity index (χ4n) is 1.53. The molecule has 0 radical (unpaired) electrons. The van der Waals surface area contributed by atoms with Crippen molar-refractivity contribution in [2.45, 2.75) is 0 Å². The van der Waals surface area contributed by atoms with E-state index >= 15 is 0 Å². The number of hydrogen-bond donors (Lipinski definition) is 3. The lowest BCUT2D eigenvalue weighted by Crippen LogP contribution is -2.11. The van der Waals surface area contributed by atoms with Crippen molar-refractivity contribution in [1.29, 1.82) is 0 Å². The first kappa shape index (κ1) is 12.3. The molecule has 0 aliphatic carbocycles. The zero-order chi connectivity index (χ0) is 13.1. The highest BCUT2D eigenvalue weighted by molar-refractivity contribution is 6.34. The molecular formula is C13H12ClN3O. The Kier molecular flexibility index (Phi) is 3.39. The maximum absolute atomic E-state index is 11.0. The van der Waals surface area contributed by atoms with Crippen LogP contribution in [0.1, 0.15) is 10.4 Å². The number of nitrogens with two attached hydrogens (primary N) is 2. The number of benzene rings is 2. The zero-order valence-corrected chi connectivity index (χ0v) is 10.2. The molecule has 2 aromatic rings. The summed E-state index contributed by atoms with van der Waals surface area (Å²) < 4.78 is 0. The summed E-state index contributed by atoms with van der Waals surface area (Å²) in [5, 5.41) is 3.47. The molecule has 1 amide bonds. The number of nitrogens with one attached hydrogen (secondary N) is 1. The van der Waals surface area contributed by atoms with Crippen LogP contribution in [0.25, 0.3) is 0 Å². The summed E-state index contributed by atoms with van der Waals surface area (Å²) in [5.74, 6) is -0.543. The first-order chi connectivity index (χ1) is 8.56. The molecule has 4 nitrogen and oxygen atoms in total. The van der Waals surface area contributed by atoms with Crippen LogP contribution in [-0.2, 0) is 0 Å². The fourth-order valence-corrected chi connectivity index (χ4v) is 1.80. The minimum Gasteiger partial charge on any atom is -0.399 e. The third-order valence-corrected chi connectivity index (χ3v) is 2.75. The lowest BCUT2D eigenvalue weighted by Gasteiger charge is -2.08. The largest absolute Gasteiger partial charge is 0.399 e. The molecule has 0 atom stereocenters. The van der Waals surface area contributed by atoms with Crippen molar-refractivity contribution in [3.05, 3.63) is 53.1 Å². The van der Waals surface area contributed by atoms with Crippen molar-refractivity contribution in [2.75, 3.05) is 11.1 Å². The number of primary amides is 1. The van der Waals surface area contributed by atoms with Crippen LogP contribution in [-0.4, -0.2) is 5.91 Å². The Morgan fingerprint density at radius 1 is 1.06 bits per heavy atom. The molecule has 0 aliphatic rings. The molecule has 5 heteroatoms. The topological polar surface area (TPSA) is 81.1 Å². The van der Waals surface area contributed by atoms with Crippen LogP contribution >= 0.6 is 11.6 Å². The van der Waals surface area contributed by atoms with Gasteiger partial charge in [0.2, 0.25) is 5.91 Å². The Balaban J connectivity index is 2.22. The van der Waals surface area contributed by atoms with Crippen LogP contribution in [0.15, 0.2) is 42.5 Å². The molecule has 0 bridgehead atoms. The van der Waals surface area contributed by atoms with Crippen molar-refractivity contribution in [3.8, 4) is 0 Å². The predicted molar refractivity (Wildman–Crippen MR) is 74.1 cm³/mol. The first-order valence-electron chi connectivity index (χ1n) is 5.28. The Hall–Kier alpha value is -2.20. The molecule has 0 saturated carbocycles. The highest BCUT2D eigenvalue weighted by Gasteiger charge is 2.06. The summed E-state index contributed by atoms with van der Waals surface area (Å²) in [6, 6.07) is 12.3. The maximum Gasteiger partial charge on any atom is 0.250 e. The summed E-state index contributed by atoms with van der Waals surface area (Å²) >= 11 is 5.96. The van der Waals surface area contributed by atoms with Gasteiger partial charge < -0.3 is 16.8 Å². The molecule has 0 unspecified atom stereocenters. The van der Waals surface area contributed by atoms with Gasteiger partial charge in [0.1, 0.15) is 0 Å². The van der Waals surface area contributed by atoms with Gasteiger partial charge in [0.15, 0.2) is 0 Å². The lowest BCUT2D eigenvalue weighted by molar-refractivity contribution is 0.100. The van der Waals surface area contributed by atoms with Gasteiger partial charge in [0, 0.05) is 17.1 Å². The highest BCUT2D eigenvalue weighted by atomic mass is 35.5. The van der Waals surface area contributed by atoms with Gasteiger partial charge in [-0.25, -0.2) is 0 Å². The molecule has 0 heterocycles. The van der Waals surface area contributed by atoms with Crippen molar-refractivity contribution in [2.24, 2.45) is 5.73 Å². The third kappa shape index (κ3) is 2.73. The van der Waals surface area contributed by atoms with E-state index in [1.807, 2.05) is 12.1 Å². The molecule has 0 spiro atoms. The van der Waals surface area contributed by atoms with Gasteiger partial charge in [0.05, 0.1) is 10.6 Å². The van der Waals surface area contributed by atoms with E-state index in [1.54, 1.807) is 30.3 Å². The SMILES string of the molecule is NC(=O)c1ccc(Nc2ccc(N)cc2)cc1Cl. The summed E-state index contributed by atoms with van der Waals surface area (Å²) in [5.41, 5.74) is 13.4.